The Balaban J connectivity index is 2.43. The Morgan fingerprint density at radius 3 is 2.58 bits per heavy atom. The van der Waals surface area contributed by atoms with Crippen LogP contribution in [0.3, 0.4) is 0 Å². The molecule has 1 rings (SSSR count). The van der Waals surface area contributed by atoms with Gasteiger partial charge in [-0.05, 0) is 44.3 Å². The van der Waals surface area contributed by atoms with Crippen LogP contribution in [0.5, 0.6) is 0 Å². The number of halogens is 1. The van der Waals surface area contributed by atoms with Crippen LogP contribution in [-0.4, -0.2) is 42.2 Å². The van der Waals surface area contributed by atoms with Crippen molar-refractivity contribution in [3.8, 4) is 0 Å². The monoisotopic (exact) mass is 284 g/mol. The number of carbonyl (C=O) groups is 1. The summed E-state index contributed by atoms with van der Waals surface area (Å²) in [5.74, 6) is -0.963. The zero-order chi connectivity index (χ0) is 14.3. The molecule has 0 bridgehead atoms. The number of aromatic carboxylic acids is 1. The first-order valence-electron chi connectivity index (χ1n) is 6.57. The maximum absolute atomic E-state index is 10.8. The van der Waals surface area contributed by atoms with Crippen LogP contribution in [0, 0.1) is 0 Å². The van der Waals surface area contributed by atoms with Crippen molar-refractivity contribution in [3.05, 3.63) is 28.8 Å². The van der Waals surface area contributed by atoms with Crippen molar-refractivity contribution in [2.45, 2.75) is 20.3 Å². The number of benzene rings is 1. The fraction of sp³-hybridized carbons (Fsp3) is 0.500. The first kappa shape index (κ1) is 15.8. The van der Waals surface area contributed by atoms with Crippen molar-refractivity contribution in [1.82, 2.24) is 4.90 Å². The van der Waals surface area contributed by atoms with Gasteiger partial charge in [-0.15, -0.1) is 0 Å². The molecule has 0 atom stereocenters. The van der Waals surface area contributed by atoms with Gasteiger partial charge in [0.15, 0.2) is 0 Å². The molecular weight excluding hydrogens is 264 g/mol. The summed E-state index contributed by atoms with van der Waals surface area (Å²) < 4.78 is 0. The highest BCUT2D eigenvalue weighted by molar-refractivity contribution is 6.33. The molecule has 0 heterocycles. The Labute approximate surface area is 119 Å². The van der Waals surface area contributed by atoms with Gasteiger partial charge in [-0.2, -0.15) is 0 Å². The summed E-state index contributed by atoms with van der Waals surface area (Å²) in [7, 11) is 0. The SMILES string of the molecule is CCN(CC)CCCNc1ccc(C(=O)O)cc1Cl. The largest absolute Gasteiger partial charge is 0.478 e. The molecule has 106 valence electrons. The molecule has 2 N–H and O–H groups in total. The highest BCUT2D eigenvalue weighted by Crippen LogP contribution is 2.22. The summed E-state index contributed by atoms with van der Waals surface area (Å²) >= 11 is 6.03. The minimum atomic E-state index is -0.963. The van der Waals surface area contributed by atoms with E-state index in [0.717, 1.165) is 38.3 Å². The second kappa shape index (κ2) is 8.02. The molecule has 0 aliphatic heterocycles. The third-order valence-electron chi connectivity index (χ3n) is 3.08. The van der Waals surface area contributed by atoms with E-state index in [4.69, 9.17) is 16.7 Å². The van der Waals surface area contributed by atoms with Crippen LogP contribution < -0.4 is 5.32 Å². The maximum Gasteiger partial charge on any atom is 0.335 e. The van der Waals surface area contributed by atoms with Gasteiger partial charge in [0.25, 0.3) is 0 Å². The average molecular weight is 285 g/mol. The number of anilines is 1. The number of hydrogen-bond acceptors (Lipinski definition) is 3. The van der Waals surface area contributed by atoms with E-state index >= 15 is 0 Å². The molecule has 0 spiro atoms. The van der Waals surface area contributed by atoms with Gasteiger partial charge in [-0.1, -0.05) is 25.4 Å². The van der Waals surface area contributed by atoms with E-state index in [1.807, 2.05) is 0 Å². The van der Waals surface area contributed by atoms with Gasteiger partial charge >= 0.3 is 5.97 Å². The summed E-state index contributed by atoms with van der Waals surface area (Å²) in [4.78, 5) is 13.1. The van der Waals surface area contributed by atoms with Crippen molar-refractivity contribution in [3.63, 3.8) is 0 Å². The molecule has 1 aromatic carbocycles. The first-order valence-corrected chi connectivity index (χ1v) is 6.95. The van der Waals surface area contributed by atoms with Crippen LogP contribution >= 0.6 is 11.6 Å². The fourth-order valence-corrected chi connectivity index (χ4v) is 2.10. The Hall–Kier alpha value is -1.26. The lowest BCUT2D eigenvalue weighted by molar-refractivity contribution is 0.0697. The lowest BCUT2D eigenvalue weighted by atomic mass is 10.2. The Morgan fingerprint density at radius 2 is 2.05 bits per heavy atom. The Kier molecular flexibility index (Phi) is 6.67. The molecule has 0 radical (unpaired) electrons. The second-order valence-electron chi connectivity index (χ2n) is 4.31. The van der Waals surface area contributed by atoms with Crippen LogP contribution in [0.4, 0.5) is 5.69 Å². The van der Waals surface area contributed by atoms with Gasteiger partial charge in [0.2, 0.25) is 0 Å². The van der Waals surface area contributed by atoms with Crippen LogP contribution in [0.25, 0.3) is 0 Å². The highest BCUT2D eigenvalue weighted by atomic mass is 35.5. The van der Waals surface area contributed by atoms with E-state index < -0.39 is 5.97 Å². The van der Waals surface area contributed by atoms with E-state index in [2.05, 4.69) is 24.1 Å². The van der Waals surface area contributed by atoms with Crippen molar-refractivity contribution >= 4 is 23.3 Å². The average Bonchev–Trinajstić information content (AvgIpc) is 2.40. The van der Waals surface area contributed by atoms with Crippen molar-refractivity contribution in [2.24, 2.45) is 0 Å². The van der Waals surface area contributed by atoms with E-state index in [0.29, 0.717) is 5.02 Å². The second-order valence-corrected chi connectivity index (χ2v) is 4.71. The van der Waals surface area contributed by atoms with Gasteiger partial charge in [-0.3, -0.25) is 0 Å². The number of carboxylic acid groups (broad SMARTS) is 1. The molecule has 4 nitrogen and oxygen atoms in total. The van der Waals surface area contributed by atoms with Crippen LogP contribution in [0.1, 0.15) is 30.6 Å². The van der Waals surface area contributed by atoms with Crippen molar-refractivity contribution < 1.29 is 9.90 Å². The molecule has 0 amide bonds. The van der Waals surface area contributed by atoms with Gasteiger partial charge in [0.05, 0.1) is 16.3 Å². The van der Waals surface area contributed by atoms with Crippen molar-refractivity contribution in [1.29, 1.82) is 0 Å². The van der Waals surface area contributed by atoms with Gasteiger partial charge in [-0.25, -0.2) is 4.79 Å². The van der Waals surface area contributed by atoms with Gasteiger partial charge in [0.1, 0.15) is 0 Å². The first-order chi connectivity index (χ1) is 9.08. The minimum Gasteiger partial charge on any atom is -0.478 e. The summed E-state index contributed by atoms with van der Waals surface area (Å²) in [5, 5.41) is 12.5. The van der Waals surface area contributed by atoms with E-state index in [1.165, 1.54) is 6.07 Å². The zero-order valence-corrected chi connectivity index (χ0v) is 12.2. The third kappa shape index (κ3) is 5.09. The number of hydrogen-bond donors (Lipinski definition) is 2. The fourth-order valence-electron chi connectivity index (χ4n) is 1.86. The van der Waals surface area contributed by atoms with E-state index in [1.54, 1.807) is 12.1 Å². The highest BCUT2D eigenvalue weighted by Gasteiger charge is 2.06. The molecule has 5 heteroatoms. The predicted molar refractivity (Wildman–Crippen MR) is 79.3 cm³/mol. The smallest absolute Gasteiger partial charge is 0.335 e. The molecule has 1 aromatic rings. The number of rotatable bonds is 8. The van der Waals surface area contributed by atoms with Crippen LogP contribution in [-0.2, 0) is 0 Å². The summed E-state index contributed by atoms with van der Waals surface area (Å²) in [6.45, 7) is 8.29. The molecule has 0 saturated carbocycles. The quantitative estimate of drug-likeness (QED) is 0.720. The topological polar surface area (TPSA) is 52.6 Å². The molecule has 0 aliphatic rings. The standard InChI is InChI=1S/C14H21ClN2O2/c1-3-17(4-2)9-5-8-16-13-7-6-11(14(18)19)10-12(13)15/h6-7,10,16H,3-5,8-9H2,1-2H3,(H,18,19). The van der Waals surface area contributed by atoms with Gasteiger partial charge in [0, 0.05) is 6.54 Å². The molecule has 0 aromatic heterocycles. The molecular formula is C14H21ClN2O2. The predicted octanol–water partition coefficient (Wildman–Crippen LogP) is 3.18. The molecule has 19 heavy (non-hydrogen) atoms. The summed E-state index contributed by atoms with van der Waals surface area (Å²) in [6.07, 6.45) is 1.03. The molecule has 0 unspecified atom stereocenters. The summed E-state index contributed by atoms with van der Waals surface area (Å²) in [5.41, 5.74) is 0.991. The van der Waals surface area contributed by atoms with E-state index in [-0.39, 0.29) is 5.56 Å². The lowest BCUT2D eigenvalue weighted by Crippen LogP contribution is -2.25. The Morgan fingerprint density at radius 1 is 1.37 bits per heavy atom. The van der Waals surface area contributed by atoms with Crippen LogP contribution in [0.2, 0.25) is 5.02 Å². The molecule has 0 fully saturated rings. The van der Waals surface area contributed by atoms with E-state index in [9.17, 15) is 4.79 Å². The lowest BCUT2D eigenvalue weighted by Gasteiger charge is -2.18. The number of nitrogens with one attached hydrogen (secondary N) is 1. The van der Waals surface area contributed by atoms with Gasteiger partial charge < -0.3 is 15.3 Å². The minimum absolute atomic E-state index is 0.207. The number of nitrogens with zero attached hydrogens (tertiary/aromatic N) is 1. The van der Waals surface area contributed by atoms with Crippen molar-refractivity contribution in [2.75, 3.05) is 31.5 Å². The molecule has 0 aliphatic carbocycles. The third-order valence-corrected chi connectivity index (χ3v) is 3.39. The maximum atomic E-state index is 10.8. The zero-order valence-electron chi connectivity index (χ0n) is 11.4. The Bertz CT molecular complexity index is 420. The molecule has 0 saturated heterocycles. The van der Waals surface area contributed by atoms with Crippen LogP contribution in [0.15, 0.2) is 18.2 Å². The number of carboxylic acids is 1. The normalized spacial score (nSPS) is 10.7. The summed E-state index contributed by atoms with van der Waals surface area (Å²) in [6, 6.07) is 4.74.